The van der Waals surface area contributed by atoms with Gasteiger partial charge < -0.3 is 5.73 Å². The zero-order chi connectivity index (χ0) is 17.9. The second-order valence-electron chi connectivity index (χ2n) is 7.17. The molecule has 2 atom stereocenters. The maximum Gasteiger partial charge on any atom is 0.110 e. The highest BCUT2D eigenvalue weighted by Gasteiger charge is 2.33. The average molecular weight is 346 g/mol. The molecule has 3 aromatic rings. The zero-order valence-corrected chi connectivity index (χ0v) is 15.3. The lowest BCUT2D eigenvalue weighted by molar-refractivity contribution is 0.311. The van der Waals surface area contributed by atoms with Crippen LogP contribution < -0.4 is 5.73 Å². The predicted molar refractivity (Wildman–Crippen MR) is 105 cm³/mol. The van der Waals surface area contributed by atoms with E-state index in [2.05, 4.69) is 76.0 Å². The Bertz CT molecular complexity index is 841. The molecule has 0 aliphatic carbocycles. The standard InChI is InChI=1S/C22H26N4/c1-17-24-13-21(26(17)20-10-6-3-7-11-20)15-25-14-19(12-23)22(16-25)18-8-4-2-5-9-18/h2-11,13,19,22H,12,14-16,23H2,1H3/t19-,22+/m1/s1. The molecule has 4 heteroatoms. The van der Waals surface area contributed by atoms with Crippen molar-refractivity contribution in [2.45, 2.75) is 19.4 Å². The highest BCUT2D eigenvalue weighted by atomic mass is 15.2. The average Bonchev–Trinajstić information content (AvgIpc) is 3.26. The van der Waals surface area contributed by atoms with Gasteiger partial charge in [-0.25, -0.2) is 4.98 Å². The molecule has 1 aliphatic heterocycles. The summed E-state index contributed by atoms with van der Waals surface area (Å²) in [5.74, 6) is 2.04. The molecule has 26 heavy (non-hydrogen) atoms. The third kappa shape index (κ3) is 3.30. The van der Waals surface area contributed by atoms with Gasteiger partial charge in [0.25, 0.3) is 0 Å². The van der Waals surface area contributed by atoms with E-state index in [1.807, 2.05) is 12.3 Å². The Hall–Kier alpha value is -2.43. The molecule has 2 N–H and O–H groups in total. The molecule has 4 nitrogen and oxygen atoms in total. The summed E-state index contributed by atoms with van der Waals surface area (Å²) in [6, 6.07) is 21.3. The number of aromatic nitrogens is 2. The third-order valence-corrected chi connectivity index (χ3v) is 5.46. The molecule has 1 aliphatic rings. The van der Waals surface area contributed by atoms with Gasteiger partial charge in [0.05, 0.1) is 11.9 Å². The van der Waals surface area contributed by atoms with Crippen LogP contribution in [0.2, 0.25) is 0 Å². The Labute approximate surface area is 155 Å². The van der Waals surface area contributed by atoms with E-state index in [1.165, 1.54) is 16.9 Å². The van der Waals surface area contributed by atoms with Gasteiger partial charge in [-0.05, 0) is 37.1 Å². The number of aryl methyl sites for hydroxylation is 1. The van der Waals surface area contributed by atoms with Gasteiger partial charge in [0, 0.05) is 31.2 Å². The molecule has 0 saturated carbocycles. The Morgan fingerprint density at radius 2 is 1.69 bits per heavy atom. The lowest BCUT2D eigenvalue weighted by Crippen LogP contribution is -2.24. The first-order chi connectivity index (χ1) is 12.8. The maximum atomic E-state index is 6.10. The molecule has 0 unspecified atom stereocenters. The lowest BCUT2D eigenvalue weighted by atomic mass is 9.89. The Kier molecular flexibility index (Phi) is 4.87. The highest BCUT2D eigenvalue weighted by molar-refractivity contribution is 5.35. The molecule has 0 spiro atoms. The van der Waals surface area contributed by atoms with E-state index < -0.39 is 0 Å². The summed E-state index contributed by atoms with van der Waals surface area (Å²) in [5.41, 5.74) is 9.91. The van der Waals surface area contributed by atoms with Gasteiger partial charge >= 0.3 is 0 Å². The van der Waals surface area contributed by atoms with E-state index in [4.69, 9.17) is 5.73 Å². The smallest absolute Gasteiger partial charge is 0.110 e. The second-order valence-corrected chi connectivity index (χ2v) is 7.17. The molecule has 2 heterocycles. The van der Waals surface area contributed by atoms with Gasteiger partial charge in [-0.3, -0.25) is 9.47 Å². The molecule has 4 rings (SSSR count). The lowest BCUT2D eigenvalue weighted by Gasteiger charge is -2.18. The van der Waals surface area contributed by atoms with Crippen molar-refractivity contribution in [2.24, 2.45) is 11.7 Å². The molecule has 134 valence electrons. The van der Waals surface area contributed by atoms with Gasteiger partial charge in [-0.2, -0.15) is 0 Å². The van der Waals surface area contributed by atoms with Crippen molar-refractivity contribution in [3.8, 4) is 5.69 Å². The number of hydrogen-bond acceptors (Lipinski definition) is 3. The molecule has 1 saturated heterocycles. The fraction of sp³-hybridized carbons (Fsp3) is 0.318. The van der Waals surface area contributed by atoms with E-state index >= 15 is 0 Å². The number of nitrogens with zero attached hydrogens (tertiary/aromatic N) is 3. The molecular formula is C22H26N4. The largest absolute Gasteiger partial charge is 0.330 e. The van der Waals surface area contributed by atoms with Crippen molar-refractivity contribution >= 4 is 0 Å². The molecule has 0 bridgehead atoms. The van der Waals surface area contributed by atoms with E-state index in [0.717, 1.165) is 32.0 Å². The van der Waals surface area contributed by atoms with Crippen LogP contribution in [0, 0.1) is 12.8 Å². The maximum absolute atomic E-state index is 6.10. The van der Waals surface area contributed by atoms with Crippen LogP contribution in [-0.4, -0.2) is 34.1 Å². The van der Waals surface area contributed by atoms with Gasteiger partial charge in [0.2, 0.25) is 0 Å². The van der Waals surface area contributed by atoms with Crippen LogP contribution >= 0.6 is 0 Å². The van der Waals surface area contributed by atoms with Crippen molar-refractivity contribution in [2.75, 3.05) is 19.6 Å². The van der Waals surface area contributed by atoms with Crippen LogP contribution in [0.4, 0.5) is 0 Å². The minimum absolute atomic E-state index is 0.506. The van der Waals surface area contributed by atoms with Crippen LogP contribution in [-0.2, 0) is 6.54 Å². The van der Waals surface area contributed by atoms with Crippen LogP contribution in [0.1, 0.15) is 23.0 Å². The zero-order valence-electron chi connectivity index (χ0n) is 15.3. The normalized spacial score (nSPS) is 20.5. The molecule has 2 aromatic carbocycles. The molecule has 0 amide bonds. The fourth-order valence-electron chi connectivity index (χ4n) is 4.17. The molecule has 0 radical (unpaired) electrons. The summed E-state index contributed by atoms with van der Waals surface area (Å²) in [4.78, 5) is 7.08. The van der Waals surface area contributed by atoms with E-state index in [9.17, 15) is 0 Å². The Morgan fingerprint density at radius 3 is 2.38 bits per heavy atom. The second kappa shape index (κ2) is 7.44. The van der Waals surface area contributed by atoms with Crippen molar-refractivity contribution in [1.82, 2.24) is 14.5 Å². The van der Waals surface area contributed by atoms with Gasteiger partial charge in [-0.15, -0.1) is 0 Å². The topological polar surface area (TPSA) is 47.1 Å². The fourth-order valence-corrected chi connectivity index (χ4v) is 4.17. The van der Waals surface area contributed by atoms with Gasteiger partial charge in [0.1, 0.15) is 5.82 Å². The van der Waals surface area contributed by atoms with E-state index in [-0.39, 0.29) is 0 Å². The van der Waals surface area contributed by atoms with Crippen LogP contribution in [0.5, 0.6) is 0 Å². The summed E-state index contributed by atoms with van der Waals surface area (Å²) < 4.78 is 2.26. The first kappa shape index (κ1) is 17.0. The molecular weight excluding hydrogens is 320 g/mol. The van der Waals surface area contributed by atoms with Crippen LogP contribution in [0.3, 0.4) is 0 Å². The number of benzene rings is 2. The number of imidazole rings is 1. The first-order valence-electron chi connectivity index (χ1n) is 9.32. The van der Waals surface area contributed by atoms with Crippen LogP contribution in [0.15, 0.2) is 66.9 Å². The molecule has 1 aromatic heterocycles. The summed E-state index contributed by atoms with van der Waals surface area (Å²) in [6.45, 7) is 5.78. The number of hydrogen-bond donors (Lipinski definition) is 1. The van der Waals surface area contributed by atoms with Crippen LogP contribution in [0.25, 0.3) is 5.69 Å². The number of rotatable bonds is 5. The molecule has 1 fully saturated rings. The monoisotopic (exact) mass is 346 g/mol. The van der Waals surface area contributed by atoms with E-state index in [1.54, 1.807) is 0 Å². The summed E-state index contributed by atoms with van der Waals surface area (Å²) in [7, 11) is 0. The predicted octanol–water partition coefficient (Wildman–Crippen LogP) is 3.36. The van der Waals surface area contributed by atoms with Gasteiger partial charge in [0.15, 0.2) is 0 Å². The summed E-state index contributed by atoms with van der Waals surface area (Å²) in [5, 5.41) is 0. The summed E-state index contributed by atoms with van der Waals surface area (Å²) in [6.07, 6.45) is 2.01. The first-order valence-corrected chi connectivity index (χ1v) is 9.32. The van der Waals surface area contributed by atoms with Crippen molar-refractivity contribution < 1.29 is 0 Å². The van der Waals surface area contributed by atoms with E-state index in [0.29, 0.717) is 11.8 Å². The van der Waals surface area contributed by atoms with Crippen molar-refractivity contribution in [3.05, 3.63) is 83.9 Å². The Morgan fingerprint density at radius 1 is 1.00 bits per heavy atom. The quantitative estimate of drug-likeness (QED) is 0.771. The minimum atomic E-state index is 0.506. The third-order valence-electron chi connectivity index (χ3n) is 5.46. The van der Waals surface area contributed by atoms with Crippen molar-refractivity contribution in [3.63, 3.8) is 0 Å². The van der Waals surface area contributed by atoms with Crippen molar-refractivity contribution in [1.29, 1.82) is 0 Å². The summed E-state index contributed by atoms with van der Waals surface area (Å²) >= 11 is 0. The minimum Gasteiger partial charge on any atom is -0.330 e. The number of nitrogens with two attached hydrogens (primary N) is 1. The number of para-hydroxylation sites is 1. The number of likely N-dealkylation sites (tertiary alicyclic amines) is 1. The highest BCUT2D eigenvalue weighted by Crippen LogP contribution is 2.33. The van der Waals surface area contributed by atoms with Gasteiger partial charge in [-0.1, -0.05) is 48.5 Å². The SMILES string of the molecule is Cc1ncc(CN2C[C@@H](CN)[C@H](c3ccccc3)C2)n1-c1ccccc1. The Balaban J connectivity index is 1.56.